The number of esters is 1. The Morgan fingerprint density at radius 2 is 2.00 bits per heavy atom. The number of aromatic nitrogens is 2. The number of rotatable bonds is 2. The third kappa shape index (κ3) is 2.77. The molecule has 1 heterocycles. The Bertz CT molecular complexity index is 658. The molecule has 4 nitrogen and oxygen atoms in total. The number of carbonyl (C=O) groups is 1. The van der Waals surface area contributed by atoms with Crippen LogP contribution in [0.25, 0.3) is 11.0 Å². The van der Waals surface area contributed by atoms with Crippen molar-refractivity contribution in [2.24, 2.45) is 0 Å². The van der Waals surface area contributed by atoms with Gasteiger partial charge in [0.15, 0.2) is 0 Å². The molecular formula is C16H19ClN2O2. The van der Waals surface area contributed by atoms with E-state index < -0.39 is 0 Å². The highest BCUT2D eigenvalue weighted by Crippen LogP contribution is 2.33. The molecular weight excluding hydrogens is 288 g/mol. The Morgan fingerprint density at radius 3 is 2.67 bits per heavy atom. The maximum atomic E-state index is 11.6. The highest BCUT2D eigenvalue weighted by Gasteiger charge is 2.20. The van der Waals surface area contributed by atoms with Crippen molar-refractivity contribution in [3.8, 4) is 0 Å². The van der Waals surface area contributed by atoms with Crippen LogP contribution in [-0.4, -0.2) is 22.6 Å². The van der Waals surface area contributed by atoms with E-state index in [0.29, 0.717) is 16.9 Å². The van der Waals surface area contributed by atoms with Gasteiger partial charge in [-0.3, -0.25) is 0 Å². The molecule has 5 heteroatoms. The van der Waals surface area contributed by atoms with Crippen molar-refractivity contribution >= 4 is 28.6 Å². The molecule has 0 spiro atoms. The van der Waals surface area contributed by atoms with Crippen LogP contribution < -0.4 is 0 Å². The molecule has 1 fully saturated rings. The maximum Gasteiger partial charge on any atom is 0.337 e. The largest absolute Gasteiger partial charge is 0.465 e. The van der Waals surface area contributed by atoms with Gasteiger partial charge in [-0.1, -0.05) is 25.7 Å². The summed E-state index contributed by atoms with van der Waals surface area (Å²) >= 11 is 6.36. The van der Waals surface area contributed by atoms with E-state index in [2.05, 4.69) is 9.55 Å². The molecule has 2 aromatic rings. The molecule has 21 heavy (non-hydrogen) atoms. The van der Waals surface area contributed by atoms with Gasteiger partial charge in [-0.25, -0.2) is 9.78 Å². The smallest absolute Gasteiger partial charge is 0.337 e. The quantitative estimate of drug-likeness (QED) is 0.611. The number of halogens is 1. The standard InChI is InChI=1S/C16H19ClN2O2/c1-21-15(20)11-8-9-14-13(10-11)18-16(17)19(14)12-6-4-2-3-5-7-12/h8-10,12H,2-7H2,1H3. The zero-order valence-electron chi connectivity index (χ0n) is 12.1. The first kappa shape index (κ1) is 14.4. The lowest BCUT2D eigenvalue weighted by Gasteiger charge is -2.18. The number of carbonyl (C=O) groups excluding carboxylic acids is 1. The van der Waals surface area contributed by atoms with Crippen LogP contribution in [0.2, 0.25) is 5.28 Å². The summed E-state index contributed by atoms with van der Waals surface area (Å²) in [5, 5.41) is 0.513. The predicted molar refractivity (Wildman–Crippen MR) is 82.8 cm³/mol. The molecule has 112 valence electrons. The molecule has 1 saturated carbocycles. The summed E-state index contributed by atoms with van der Waals surface area (Å²) in [6.07, 6.45) is 7.36. The van der Waals surface area contributed by atoms with Crippen molar-refractivity contribution < 1.29 is 9.53 Å². The van der Waals surface area contributed by atoms with E-state index in [1.807, 2.05) is 6.07 Å². The van der Waals surface area contributed by atoms with Crippen molar-refractivity contribution in [3.05, 3.63) is 29.0 Å². The van der Waals surface area contributed by atoms with Gasteiger partial charge in [-0.15, -0.1) is 0 Å². The summed E-state index contributed by atoms with van der Waals surface area (Å²) in [7, 11) is 1.38. The Kier molecular flexibility index (Phi) is 4.15. The molecule has 0 N–H and O–H groups in total. The molecule has 1 aromatic heterocycles. The average molecular weight is 307 g/mol. The SMILES string of the molecule is COC(=O)c1ccc2c(c1)nc(Cl)n2C1CCCCCC1. The van der Waals surface area contributed by atoms with E-state index >= 15 is 0 Å². The minimum absolute atomic E-state index is 0.350. The predicted octanol–water partition coefficient (Wildman–Crippen LogP) is 4.37. The number of benzene rings is 1. The van der Waals surface area contributed by atoms with E-state index in [1.165, 1.54) is 32.8 Å². The van der Waals surface area contributed by atoms with Gasteiger partial charge in [-0.05, 0) is 42.6 Å². The third-order valence-electron chi connectivity index (χ3n) is 4.26. The van der Waals surface area contributed by atoms with E-state index in [-0.39, 0.29) is 5.97 Å². The Morgan fingerprint density at radius 1 is 1.29 bits per heavy atom. The van der Waals surface area contributed by atoms with Crippen LogP contribution in [0.5, 0.6) is 0 Å². The molecule has 0 atom stereocenters. The normalized spacial score (nSPS) is 16.9. The van der Waals surface area contributed by atoms with Gasteiger partial charge in [0.05, 0.1) is 23.7 Å². The summed E-state index contributed by atoms with van der Waals surface area (Å²) in [5.41, 5.74) is 2.26. The molecule has 0 saturated heterocycles. The minimum Gasteiger partial charge on any atom is -0.465 e. The molecule has 1 aromatic carbocycles. The second-order valence-corrected chi connectivity index (χ2v) is 5.93. The Hall–Kier alpha value is -1.55. The Labute approximate surface area is 129 Å². The molecule has 0 amide bonds. The minimum atomic E-state index is -0.350. The number of imidazole rings is 1. The summed E-state index contributed by atoms with van der Waals surface area (Å²) in [6.45, 7) is 0. The van der Waals surface area contributed by atoms with Gasteiger partial charge in [-0.2, -0.15) is 0 Å². The first-order valence-electron chi connectivity index (χ1n) is 7.46. The fraction of sp³-hybridized carbons (Fsp3) is 0.500. The van der Waals surface area contributed by atoms with Crippen LogP contribution in [-0.2, 0) is 4.74 Å². The molecule has 0 unspecified atom stereocenters. The zero-order valence-corrected chi connectivity index (χ0v) is 12.9. The second kappa shape index (κ2) is 6.06. The van der Waals surface area contributed by atoms with Crippen molar-refractivity contribution in [2.75, 3.05) is 7.11 Å². The van der Waals surface area contributed by atoms with Crippen molar-refractivity contribution in [1.82, 2.24) is 9.55 Å². The number of hydrogen-bond acceptors (Lipinski definition) is 3. The molecule has 3 rings (SSSR count). The fourth-order valence-corrected chi connectivity index (χ4v) is 3.50. The lowest BCUT2D eigenvalue weighted by atomic mass is 10.1. The van der Waals surface area contributed by atoms with Crippen LogP contribution in [0, 0.1) is 0 Å². The van der Waals surface area contributed by atoms with E-state index in [0.717, 1.165) is 23.9 Å². The van der Waals surface area contributed by atoms with E-state index in [4.69, 9.17) is 16.3 Å². The lowest BCUT2D eigenvalue weighted by Crippen LogP contribution is -2.08. The highest BCUT2D eigenvalue weighted by atomic mass is 35.5. The van der Waals surface area contributed by atoms with Crippen LogP contribution in [0.1, 0.15) is 54.9 Å². The highest BCUT2D eigenvalue weighted by molar-refractivity contribution is 6.29. The number of fused-ring (bicyclic) bond motifs is 1. The molecule has 1 aliphatic rings. The molecule has 0 aliphatic heterocycles. The van der Waals surface area contributed by atoms with Gasteiger partial charge >= 0.3 is 5.97 Å². The fourth-order valence-electron chi connectivity index (χ4n) is 3.18. The zero-order chi connectivity index (χ0) is 14.8. The topological polar surface area (TPSA) is 44.1 Å². The van der Waals surface area contributed by atoms with Crippen LogP contribution >= 0.6 is 11.6 Å². The van der Waals surface area contributed by atoms with Crippen LogP contribution in [0.15, 0.2) is 18.2 Å². The Balaban J connectivity index is 2.02. The van der Waals surface area contributed by atoms with Gasteiger partial charge < -0.3 is 9.30 Å². The van der Waals surface area contributed by atoms with E-state index in [9.17, 15) is 4.79 Å². The second-order valence-electron chi connectivity index (χ2n) is 5.59. The third-order valence-corrected chi connectivity index (χ3v) is 4.52. The maximum absolute atomic E-state index is 11.6. The van der Waals surface area contributed by atoms with Crippen LogP contribution in [0.4, 0.5) is 0 Å². The van der Waals surface area contributed by atoms with Gasteiger partial charge in [0, 0.05) is 6.04 Å². The molecule has 1 aliphatic carbocycles. The summed E-state index contributed by atoms with van der Waals surface area (Å²) in [5.74, 6) is -0.350. The average Bonchev–Trinajstić information content (AvgIpc) is 2.67. The number of ether oxygens (including phenoxy) is 1. The summed E-state index contributed by atoms with van der Waals surface area (Å²) in [6, 6.07) is 5.86. The number of hydrogen-bond donors (Lipinski definition) is 0. The van der Waals surface area contributed by atoms with Gasteiger partial charge in [0.2, 0.25) is 5.28 Å². The van der Waals surface area contributed by atoms with Crippen molar-refractivity contribution in [2.45, 2.75) is 44.6 Å². The number of methoxy groups -OCH3 is 1. The first-order valence-corrected chi connectivity index (χ1v) is 7.84. The van der Waals surface area contributed by atoms with Gasteiger partial charge in [0.25, 0.3) is 0 Å². The summed E-state index contributed by atoms with van der Waals surface area (Å²) < 4.78 is 6.88. The van der Waals surface area contributed by atoms with E-state index in [1.54, 1.807) is 12.1 Å². The molecule has 0 bridgehead atoms. The number of nitrogens with zero attached hydrogens (tertiary/aromatic N) is 2. The molecule has 0 radical (unpaired) electrons. The summed E-state index contributed by atoms with van der Waals surface area (Å²) in [4.78, 5) is 16.0. The van der Waals surface area contributed by atoms with Crippen LogP contribution in [0.3, 0.4) is 0 Å². The van der Waals surface area contributed by atoms with Crippen molar-refractivity contribution in [1.29, 1.82) is 0 Å². The first-order chi connectivity index (χ1) is 10.2. The monoisotopic (exact) mass is 306 g/mol. The lowest BCUT2D eigenvalue weighted by molar-refractivity contribution is 0.0601. The van der Waals surface area contributed by atoms with Crippen molar-refractivity contribution in [3.63, 3.8) is 0 Å². The van der Waals surface area contributed by atoms with Gasteiger partial charge in [0.1, 0.15) is 0 Å².